The van der Waals surface area contributed by atoms with Crippen LogP contribution in [0.3, 0.4) is 0 Å². The van der Waals surface area contributed by atoms with Crippen LogP contribution in [0.15, 0.2) is 0 Å². The van der Waals surface area contributed by atoms with Crippen molar-refractivity contribution in [1.82, 2.24) is 0 Å². The van der Waals surface area contributed by atoms with Gasteiger partial charge in [0.2, 0.25) is 0 Å². The summed E-state index contributed by atoms with van der Waals surface area (Å²) in [6.07, 6.45) is 5.13. The van der Waals surface area contributed by atoms with E-state index in [-0.39, 0.29) is 6.10 Å². The molecule has 5 unspecified atom stereocenters. The smallest absolute Gasteiger partial charge is 0.0571 e. The molecule has 0 aromatic heterocycles. The number of aliphatic hydroxyl groups is 1. The summed E-state index contributed by atoms with van der Waals surface area (Å²) < 4.78 is 0. The Morgan fingerprint density at radius 3 is 2.55 bits per heavy atom. The van der Waals surface area contributed by atoms with E-state index < -0.39 is 0 Å². The number of hydrogen-bond donors (Lipinski definition) is 1. The summed E-state index contributed by atoms with van der Waals surface area (Å²) in [6.45, 7) is 2.32. The molecular weight excluding hydrogens is 155 g/mol. The zero-order valence-corrected chi connectivity index (χ0v) is 8.09. The highest BCUT2D eigenvalue weighted by atomic mass is 31.1. The van der Waals surface area contributed by atoms with E-state index in [1.54, 1.807) is 0 Å². The van der Waals surface area contributed by atoms with Gasteiger partial charge < -0.3 is 5.11 Å². The van der Waals surface area contributed by atoms with Gasteiger partial charge in [-0.1, -0.05) is 0 Å². The lowest BCUT2D eigenvalue weighted by Crippen LogP contribution is -2.16. The topological polar surface area (TPSA) is 20.2 Å². The minimum absolute atomic E-state index is 0.0568. The molecule has 0 heterocycles. The van der Waals surface area contributed by atoms with Crippen molar-refractivity contribution in [2.24, 2.45) is 11.8 Å². The third-order valence-electron chi connectivity index (χ3n) is 3.54. The Balaban J connectivity index is 2.04. The zero-order chi connectivity index (χ0) is 7.84. The Kier molecular flexibility index (Phi) is 2.21. The van der Waals surface area contributed by atoms with Crippen molar-refractivity contribution in [1.29, 1.82) is 0 Å². The molecule has 0 amide bonds. The summed E-state index contributed by atoms with van der Waals surface area (Å²) >= 11 is 0. The largest absolute Gasteiger partial charge is 0.393 e. The first-order chi connectivity index (χ1) is 5.33. The second-order valence-corrected chi connectivity index (χ2v) is 5.26. The maximum Gasteiger partial charge on any atom is 0.0571 e. The first kappa shape index (κ1) is 8.01. The van der Waals surface area contributed by atoms with E-state index in [1.807, 2.05) is 0 Å². The molecule has 5 atom stereocenters. The molecule has 2 aliphatic carbocycles. The van der Waals surface area contributed by atoms with Crippen LogP contribution in [0.25, 0.3) is 0 Å². The maximum absolute atomic E-state index is 9.62. The van der Waals surface area contributed by atoms with E-state index in [9.17, 15) is 5.11 Å². The Hall–Kier alpha value is 0.390. The van der Waals surface area contributed by atoms with Gasteiger partial charge in [-0.3, -0.25) is 0 Å². The van der Waals surface area contributed by atoms with E-state index in [1.165, 1.54) is 19.3 Å². The van der Waals surface area contributed by atoms with E-state index in [0.29, 0.717) is 5.92 Å². The molecule has 0 aromatic carbocycles. The average Bonchev–Trinajstić information content (AvgIpc) is 2.53. The molecule has 0 aromatic rings. The first-order valence-electron chi connectivity index (χ1n) is 4.68. The highest BCUT2D eigenvalue weighted by Crippen LogP contribution is 2.49. The van der Waals surface area contributed by atoms with Crippen molar-refractivity contribution >= 4 is 8.58 Å². The van der Waals surface area contributed by atoms with Gasteiger partial charge in [-0.15, -0.1) is 8.58 Å². The van der Waals surface area contributed by atoms with Crippen LogP contribution in [-0.4, -0.2) is 23.5 Å². The van der Waals surface area contributed by atoms with Crippen molar-refractivity contribution in [2.45, 2.75) is 37.4 Å². The van der Waals surface area contributed by atoms with Crippen LogP contribution in [0.4, 0.5) is 0 Å². The summed E-state index contributed by atoms with van der Waals surface area (Å²) in [7, 11) is 1.10. The Morgan fingerprint density at radius 1 is 1.09 bits per heavy atom. The molecule has 11 heavy (non-hydrogen) atoms. The highest BCUT2D eigenvalue weighted by molar-refractivity contribution is 7.37. The fourth-order valence-corrected chi connectivity index (χ4v) is 4.22. The van der Waals surface area contributed by atoms with Crippen molar-refractivity contribution in [3.8, 4) is 0 Å². The molecule has 0 spiro atoms. The van der Waals surface area contributed by atoms with Crippen LogP contribution < -0.4 is 0 Å². The molecule has 2 heteroatoms. The lowest BCUT2D eigenvalue weighted by molar-refractivity contribution is 0.126. The minimum atomic E-state index is 0.0568. The van der Waals surface area contributed by atoms with Crippen molar-refractivity contribution < 1.29 is 5.11 Å². The van der Waals surface area contributed by atoms with Crippen LogP contribution in [0, 0.1) is 11.8 Å². The number of aliphatic hydroxyl groups excluding tert-OH is 1. The predicted octanol–water partition coefficient (Wildman–Crippen LogP) is 1.84. The zero-order valence-electron chi connectivity index (χ0n) is 7.09. The number of hydrogen-bond acceptors (Lipinski definition) is 1. The third-order valence-corrected chi connectivity index (χ3v) is 5.00. The van der Waals surface area contributed by atoms with Gasteiger partial charge in [0.05, 0.1) is 6.10 Å². The first-order valence-corrected chi connectivity index (χ1v) is 6.26. The lowest BCUT2D eigenvalue weighted by Gasteiger charge is -2.16. The lowest BCUT2D eigenvalue weighted by atomic mass is 9.99. The summed E-state index contributed by atoms with van der Waals surface area (Å²) in [5.41, 5.74) is 0.970. The number of rotatable bonds is 1. The molecule has 1 nitrogen and oxygen atoms in total. The molecule has 0 bridgehead atoms. The molecule has 2 rings (SSSR count). The molecule has 2 saturated carbocycles. The fourth-order valence-electron chi connectivity index (χ4n) is 2.93. The van der Waals surface area contributed by atoms with E-state index in [2.05, 4.69) is 6.66 Å². The van der Waals surface area contributed by atoms with Crippen molar-refractivity contribution in [3.63, 3.8) is 0 Å². The second kappa shape index (κ2) is 3.03. The van der Waals surface area contributed by atoms with Gasteiger partial charge >= 0.3 is 0 Å². The van der Waals surface area contributed by atoms with Crippen LogP contribution in [-0.2, 0) is 0 Å². The quantitative estimate of drug-likeness (QED) is 0.598. The van der Waals surface area contributed by atoms with E-state index in [4.69, 9.17) is 0 Å². The van der Waals surface area contributed by atoms with Gasteiger partial charge in [0.25, 0.3) is 0 Å². The SMILES string of the molecule is CPC1CCC2C(O)CCC12. The molecule has 2 fully saturated rings. The van der Waals surface area contributed by atoms with Crippen LogP contribution in [0.2, 0.25) is 0 Å². The van der Waals surface area contributed by atoms with Crippen molar-refractivity contribution in [3.05, 3.63) is 0 Å². The summed E-state index contributed by atoms with van der Waals surface area (Å²) in [6, 6.07) is 0. The highest BCUT2D eigenvalue weighted by Gasteiger charge is 2.43. The second-order valence-electron chi connectivity index (χ2n) is 3.94. The molecule has 0 radical (unpaired) electrons. The van der Waals surface area contributed by atoms with Crippen LogP contribution >= 0.6 is 8.58 Å². The van der Waals surface area contributed by atoms with Crippen molar-refractivity contribution in [2.75, 3.05) is 6.66 Å². The molecule has 1 N–H and O–H groups in total. The molecule has 64 valence electrons. The summed E-state index contributed by atoms with van der Waals surface area (Å²) in [5.74, 6) is 1.58. The van der Waals surface area contributed by atoms with Crippen LogP contribution in [0.5, 0.6) is 0 Å². The minimum Gasteiger partial charge on any atom is -0.393 e. The van der Waals surface area contributed by atoms with Crippen LogP contribution in [0.1, 0.15) is 25.7 Å². The standard InChI is InChI=1S/C9H17OP/c1-11-9-5-3-6-7(9)2-4-8(6)10/h6-11H,2-5H2,1H3. The maximum atomic E-state index is 9.62. The Labute approximate surface area is 70.4 Å². The third kappa shape index (κ3) is 1.23. The van der Waals surface area contributed by atoms with Gasteiger partial charge in [0.1, 0.15) is 0 Å². The number of fused-ring (bicyclic) bond motifs is 1. The monoisotopic (exact) mass is 172 g/mol. The van der Waals surface area contributed by atoms with Gasteiger partial charge in [-0.25, -0.2) is 0 Å². The summed E-state index contributed by atoms with van der Waals surface area (Å²) in [4.78, 5) is 0. The molecular formula is C9H17OP. The Bertz CT molecular complexity index is 148. The van der Waals surface area contributed by atoms with Gasteiger partial charge in [-0.2, -0.15) is 0 Å². The fraction of sp³-hybridized carbons (Fsp3) is 1.00. The molecule has 2 aliphatic rings. The van der Waals surface area contributed by atoms with Gasteiger partial charge in [-0.05, 0) is 49.8 Å². The van der Waals surface area contributed by atoms with E-state index in [0.717, 1.165) is 26.6 Å². The predicted molar refractivity (Wildman–Crippen MR) is 49.5 cm³/mol. The summed E-state index contributed by atoms with van der Waals surface area (Å²) in [5, 5.41) is 9.62. The average molecular weight is 172 g/mol. The molecule has 0 saturated heterocycles. The Morgan fingerprint density at radius 2 is 1.82 bits per heavy atom. The van der Waals surface area contributed by atoms with E-state index >= 15 is 0 Å². The van der Waals surface area contributed by atoms with Gasteiger partial charge in [0, 0.05) is 0 Å². The molecule has 0 aliphatic heterocycles. The van der Waals surface area contributed by atoms with Gasteiger partial charge in [0.15, 0.2) is 0 Å². The normalized spacial score (nSPS) is 50.7.